The summed E-state index contributed by atoms with van der Waals surface area (Å²) in [5.74, 6) is -0.148. The van der Waals surface area contributed by atoms with Gasteiger partial charge in [-0.3, -0.25) is 0 Å². The fourth-order valence-electron chi connectivity index (χ4n) is 1.93. The van der Waals surface area contributed by atoms with Gasteiger partial charge in [0.05, 0.1) is 13.2 Å². The predicted molar refractivity (Wildman–Crippen MR) is 57.1 cm³/mol. The molecule has 1 saturated heterocycles. The highest BCUT2D eigenvalue weighted by Crippen LogP contribution is 2.30. The molecular weight excluding hydrogens is 193 g/mol. The average molecular weight is 209 g/mol. The fraction of sp³-hybridized carbons (Fsp3) is 0.500. The molecule has 2 nitrogen and oxygen atoms in total. The lowest BCUT2D eigenvalue weighted by Gasteiger charge is -2.40. The van der Waals surface area contributed by atoms with Crippen LogP contribution in [0.3, 0.4) is 0 Å². The zero-order chi connectivity index (χ0) is 10.9. The van der Waals surface area contributed by atoms with Crippen LogP contribution in [0.15, 0.2) is 18.2 Å². The van der Waals surface area contributed by atoms with Crippen molar-refractivity contribution in [3.8, 4) is 0 Å². The average Bonchev–Trinajstić information content (AvgIpc) is 2.17. The minimum Gasteiger partial charge on any atom is -0.380 e. The molecule has 0 aliphatic carbocycles. The number of nitrogens with two attached hydrogens (primary N) is 1. The molecule has 1 aromatic rings. The van der Waals surface area contributed by atoms with Gasteiger partial charge in [-0.1, -0.05) is 12.1 Å². The third-order valence-electron chi connectivity index (χ3n) is 3.05. The van der Waals surface area contributed by atoms with E-state index in [1.807, 2.05) is 12.1 Å². The van der Waals surface area contributed by atoms with Crippen molar-refractivity contribution in [2.45, 2.75) is 13.3 Å². The van der Waals surface area contributed by atoms with Crippen LogP contribution >= 0.6 is 0 Å². The molecule has 1 aliphatic rings. The number of rotatable bonds is 3. The van der Waals surface area contributed by atoms with E-state index in [2.05, 4.69) is 0 Å². The molecule has 1 aliphatic heterocycles. The summed E-state index contributed by atoms with van der Waals surface area (Å²) in [4.78, 5) is 0. The quantitative estimate of drug-likeness (QED) is 0.821. The first-order valence-corrected chi connectivity index (χ1v) is 5.18. The first-order valence-electron chi connectivity index (χ1n) is 5.18. The van der Waals surface area contributed by atoms with Crippen molar-refractivity contribution in [3.05, 3.63) is 35.1 Å². The van der Waals surface area contributed by atoms with E-state index in [0.29, 0.717) is 12.1 Å². The number of ether oxygens (including phenoxy) is 1. The minimum atomic E-state index is -0.148. The SMILES string of the molecule is Cc1cc(CC2(CN)COC2)ccc1F. The molecule has 3 heteroatoms. The van der Waals surface area contributed by atoms with Crippen molar-refractivity contribution >= 4 is 0 Å². The molecule has 0 spiro atoms. The Balaban J connectivity index is 2.13. The van der Waals surface area contributed by atoms with Crippen LogP contribution in [0.25, 0.3) is 0 Å². The van der Waals surface area contributed by atoms with Crippen LogP contribution in [-0.4, -0.2) is 19.8 Å². The standard InChI is InChI=1S/C12H16FNO/c1-9-4-10(2-3-11(9)13)5-12(6-14)7-15-8-12/h2-4H,5-8,14H2,1H3. The Hall–Kier alpha value is -0.930. The number of hydrogen-bond acceptors (Lipinski definition) is 2. The van der Waals surface area contributed by atoms with E-state index in [1.54, 1.807) is 6.92 Å². The van der Waals surface area contributed by atoms with Crippen LogP contribution in [0.2, 0.25) is 0 Å². The van der Waals surface area contributed by atoms with Crippen molar-refractivity contribution in [1.82, 2.24) is 0 Å². The van der Waals surface area contributed by atoms with Crippen LogP contribution in [0.4, 0.5) is 4.39 Å². The molecule has 82 valence electrons. The first kappa shape index (κ1) is 10.6. The van der Waals surface area contributed by atoms with Crippen LogP contribution in [0, 0.1) is 18.2 Å². The van der Waals surface area contributed by atoms with Crippen molar-refractivity contribution < 1.29 is 9.13 Å². The molecule has 0 amide bonds. The molecule has 1 aromatic carbocycles. The van der Waals surface area contributed by atoms with Gasteiger partial charge in [-0.15, -0.1) is 0 Å². The van der Waals surface area contributed by atoms with E-state index >= 15 is 0 Å². The highest BCUT2D eigenvalue weighted by Gasteiger charge is 2.37. The highest BCUT2D eigenvalue weighted by molar-refractivity contribution is 5.25. The van der Waals surface area contributed by atoms with Crippen molar-refractivity contribution in [2.75, 3.05) is 19.8 Å². The number of hydrogen-bond donors (Lipinski definition) is 1. The van der Waals surface area contributed by atoms with Crippen molar-refractivity contribution in [3.63, 3.8) is 0 Å². The van der Waals surface area contributed by atoms with E-state index in [1.165, 1.54) is 6.07 Å². The largest absolute Gasteiger partial charge is 0.380 e. The summed E-state index contributed by atoms with van der Waals surface area (Å²) < 4.78 is 18.3. The molecule has 15 heavy (non-hydrogen) atoms. The minimum absolute atomic E-state index is 0.0876. The maximum Gasteiger partial charge on any atom is 0.126 e. The normalized spacial score (nSPS) is 18.6. The third kappa shape index (κ3) is 2.03. The Morgan fingerprint density at radius 2 is 2.20 bits per heavy atom. The molecule has 0 aromatic heterocycles. The van der Waals surface area contributed by atoms with E-state index in [9.17, 15) is 4.39 Å². The van der Waals surface area contributed by atoms with E-state index in [4.69, 9.17) is 10.5 Å². The molecule has 0 unspecified atom stereocenters. The van der Waals surface area contributed by atoms with Gasteiger partial charge in [0.1, 0.15) is 5.82 Å². The predicted octanol–water partition coefficient (Wildman–Crippen LogP) is 1.65. The zero-order valence-electron chi connectivity index (χ0n) is 8.92. The summed E-state index contributed by atoms with van der Waals surface area (Å²) in [6, 6.07) is 5.25. The van der Waals surface area contributed by atoms with Crippen molar-refractivity contribution in [2.24, 2.45) is 11.1 Å². The molecule has 0 radical (unpaired) electrons. The molecular formula is C12H16FNO. The smallest absolute Gasteiger partial charge is 0.126 e. The Morgan fingerprint density at radius 3 is 2.67 bits per heavy atom. The van der Waals surface area contributed by atoms with Gasteiger partial charge in [-0.05, 0) is 30.5 Å². The molecule has 1 fully saturated rings. The summed E-state index contributed by atoms with van der Waals surface area (Å²) in [7, 11) is 0. The van der Waals surface area contributed by atoms with Gasteiger partial charge in [-0.2, -0.15) is 0 Å². The third-order valence-corrected chi connectivity index (χ3v) is 3.05. The Kier molecular flexibility index (Phi) is 2.76. The van der Waals surface area contributed by atoms with Crippen LogP contribution in [0.5, 0.6) is 0 Å². The van der Waals surface area contributed by atoms with Crippen molar-refractivity contribution in [1.29, 1.82) is 0 Å². The van der Waals surface area contributed by atoms with E-state index in [0.717, 1.165) is 25.2 Å². The fourth-order valence-corrected chi connectivity index (χ4v) is 1.93. The molecule has 0 atom stereocenters. The Bertz CT molecular complexity index is 355. The van der Waals surface area contributed by atoms with Gasteiger partial charge in [0, 0.05) is 12.0 Å². The van der Waals surface area contributed by atoms with Crippen LogP contribution < -0.4 is 5.73 Å². The van der Waals surface area contributed by atoms with E-state index < -0.39 is 0 Å². The lowest BCUT2D eigenvalue weighted by molar-refractivity contribution is -0.106. The monoisotopic (exact) mass is 209 g/mol. The number of halogens is 1. The molecule has 1 heterocycles. The van der Waals surface area contributed by atoms with Crippen LogP contribution in [-0.2, 0) is 11.2 Å². The second kappa shape index (κ2) is 3.91. The molecule has 2 rings (SSSR count). The number of benzene rings is 1. The van der Waals surface area contributed by atoms with Gasteiger partial charge in [0.2, 0.25) is 0 Å². The lowest BCUT2D eigenvalue weighted by atomic mass is 9.80. The first-order chi connectivity index (χ1) is 7.15. The summed E-state index contributed by atoms with van der Waals surface area (Å²) in [5.41, 5.74) is 7.65. The van der Waals surface area contributed by atoms with Gasteiger partial charge in [0.25, 0.3) is 0 Å². The summed E-state index contributed by atoms with van der Waals surface area (Å²) in [6.45, 7) is 3.86. The number of aryl methyl sites for hydroxylation is 1. The second-order valence-electron chi connectivity index (χ2n) is 4.46. The topological polar surface area (TPSA) is 35.2 Å². The van der Waals surface area contributed by atoms with Gasteiger partial charge >= 0.3 is 0 Å². The maximum atomic E-state index is 13.1. The Morgan fingerprint density at radius 1 is 1.47 bits per heavy atom. The summed E-state index contributed by atoms with van der Waals surface area (Å²) >= 11 is 0. The highest BCUT2D eigenvalue weighted by atomic mass is 19.1. The zero-order valence-corrected chi connectivity index (χ0v) is 8.92. The summed E-state index contributed by atoms with van der Waals surface area (Å²) in [5, 5.41) is 0. The van der Waals surface area contributed by atoms with Gasteiger partial charge in [-0.25, -0.2) is 4.39 Å². The van der Waals surface area contributed by atoms with Gasteiger partial charge in [0.15, 0.2) is 0 Å². The lowest BCUT2D eigenvalue weighted by Crippen LogP contribution is -2.49. The molecule has 2 N–H and O–H groups in total. The summed E-state index contributed by atoms with van der Waals surface area (Å²) in [6.07, 6.45) is 0.880. The van der Waals surface area contributed by atoms with Crippen LogP contribution in [0.1, 0.15) is 11.1 Å². The maximum absolute atomic E-state index is 13.1. The van der Waals surface area contributed by atoms with E-state index in [-0.39, 0.29) is 11.2 Å². The second-order valence-corrected chi connectivity index (χ2v) is 4.46. The van der Waals surface area contributed by atoms with Gasteiger partial charge < -0.3 is 10.5 Å². The molecule has 0 saturated carbocycles. The Labute approximate surface area is 89.2 Å². The molecule has 0 bridgehead atoms.